The SMILES string of the molecule is CC(C)NC(=O)c1cccc(-c2ccn3nc(-c4ccc(F)cc4)cc3c2)c1. The molecule has 0 aliphatic rings. The van der Waals surface area contributed by atoms with E-state index >= 15 is 0 Å². The molecule has 2 aromatic carbocycles. The largest absolute Gasteiger partial charge is 0.350 e. The van der Waals surface area contributed by atoms with Crippen LogP contribution in [0, 0.1) is 5.82 Å². The highest BCUT2D eigenvalue weighted by molar-refractivity contribution is 5.95. The molecule has 0 saturated carbocycles. The van der Waals surface area contributed by atoms with Gasteiger partial charge in [-0.1, -0.05) is 12.1 Å². The van der Waals surface area contributed by atoms with E-state index < -0.39 is 0 Å². The van der Waals surface area contributed by atoms with Crippen LogP contribution in [0.15, 0.2) is 72.9 Å². The topological polar surface area (TPSA) is 46.4 Å². The molecule has 0 fully saturated rings. The van der Waals surface area contributed by atoms with Gasteiger partial charge in [0.05, 0.1) is 11.2 Å². The summed E-state index contributed by atoms with van der Waals surface area (Å²) in [6.07, 6.45) is 1.89. The van der Waals surface area contributed by atoms with Gasteiger partial charge in [0.25, 0.3) is 5.91 Å². The Morgan fingerprint density at radius 2 is 1.71 bits per heavy atom. The van der Waals surface area contributed by atoms with Crippen molar-refractivity contribution in [3.8, 4) is 22.4 Å². The minimum Gasteiger partial charge on any atom is -0.350 e. The summed E-state index contributed by atoms with van der Waals surface area (Å²) in [5, 5.41) is 7.47. The van der Waals surface area contributed by atoms with Crippen LogP contribution in [0.2, 0.25) is 0 Å². The van der Waals surface area contributed by atoms with Gasteiger partial charge in [0.1, 0.15) is 5.82 Å². The molecule has 2 heterocycles. The number of carbonyl (C=O) groups is 1. The quantitative estimate of drug-likeness (QED) is 0.550. The molecule has 140 valence electrons. The van der Waals surface area contributed by atoms with E-state index in [4.69, 9.17) is 0 Å². The molecule has 1 amide bonds. The van der Waals surface area contributed by atoms with Gasteiger partial charge in [-0.05, 0) is 79.6 Å². The van der Waals surface area contributed by atoms with Crippen molar-refractivity contribution in [3.05, 3.63) is 84.3 Å². The first-order valence-electron chi connectivity index (χ1n) is 9.16. The summed E-state index contributed by atoms with van der Waals surface area (Å²) in [7, 11) is 0. The third kappa shape index (κ3) is 3.64. The summed E-state index contributed by atoms with van der Waals surface area (Å²) in [5.41, 5.74) is 5.15. The number of fused-ring (bicyclic) bond motifs is 1. The van der Waals surface area contributed by atoms with Gasteiger partial charge < -0.3 is 5.32 Å². The maximum absolute atomic E-state index is 13.2. The molecule has 5 heteroatoms. The maximum atomic E-state index is 13.2. The fourth-order valence-electron chi connectivity index (χ4n) is 3.12. The number of rotatable bonds is 4. The van der Waals surface area contributed by atoms with Crippen LogP contribution in [0.4, 0.5) is 4.39 Å². The van der Waals surface area contributed by atoms with E-state index in [9.17, 15) is 9.18 Å². The minimum atomic E-state index is -0.267. The van der Waals surface area contributed by atoms with Crippen LogP contribution in [0.3, 0.4) is 0 Å². The zero-order valence-corrected chi connectivity index (χ0v) is 15.7. The van der Waals surface area contributed by atoms with Gasteiger partial charge in [0.2, 0.25) is 0 Å². The first kappa shape index (κ1) is 17.9. The number of halogens is 1. The van der Waals surface area contributed by atoms with E-state index in [0.717, 1.165) is 27.9 Å². The van der Waals surface area contributed by atoms with Crippen molar-refractivity contribution in [1.82, 2.24) is 14.9 Å². The lowest BCUT2D eigenvalue weighted by atomic mass is 10.0. The molecule has 0 spiro atoms. The van der Waals surface area contributed by atoms with E-state index in [1.165, 1.54) is 12.1 Å². The molecule has 4 rings (SSSR count). The molecular weight excluding hydrogens is 353 g/mol. The Morgan fingerprint density at radius 3 is 2.46 bits per heavy atom. The highest BCUT2D eigenvalue weighted by atomic mass is 19.1. The Labute approximate surface area is 162 Å². The van der Waals surface area contributed by atoms with Crippen molar-refractivity contribution in [3.63, 3.8) is 0 Å². The van der Waals surface area contributed by atoms with E-state index in [0.29, 0.717) is 5.56 Å². The highest BCUT2D eigenvalue weighted by Gasteiger charge is 2.10. The smallest absolute Gasteiger partial charge is 0.251 e. The molecule has 0 bridgehead atoms. The molecule has 0 aliphatic heterocycles. The lowest BCUT2D eigenvalue weighted by Gasteiger charge is -2.09. The Hall–Kier alpha value is -3.47. The second-order valence-electron chi connectivity index (χ2n) is 7.03. The molecule has 28 heavy (non-hydrogen) atoms. The van der Waals surface area contributed by atoms with Crippen LogP contribution >= 0.6 is 0 Å². The van der Waals surface area contributed by atoms with E-state index in [2.05, 4.69) is 10.4 Å². The van der Waals surface area contributed by atoms with Crippen molar-refractivity contribution in [2.45, 2.75) is 19.9 Å². The predicted molar refractivity (Wildman–Crippen MR) is 109 cm³/mol. The van der Waals surface area contributed by atoms with Gasteiger partial charge in [-0.15, -0.1) is 0 Å². The number of hydrogen-bond donors (Lipinski definition) is 1. The maximum Gasteiger partial charge on any atom is 0.251 e. The molecule has 0 atom stereocenters. The molecule has 0 aliphatic carbocycles. The second-order valence-corrected chi connectivity index (χ2v) is 7.03. The van der Waals surface area contributed by atoms with Gasteiger partial charge in [-0.25, -0.2) is 8.91 Å². The summed E-state index contributed by atoms with van der Waals surface area (Å²) in [5.74, 6) is -0.350. The summed E-state index contributed by atoms with van der Waals surface area (Å²) in [4.78, 5) is 12.3. The van der Waals surface area contributed by atoms with Crippen molar-refractivity contribution >= 4 is 11.4 Å². The van der Waals surface area contributed by atoms with Crippen LogP contribution in [-0.2, 0) is 0 Å². The van der Waals surface area contributed by atoms with Crippen LogP contribution in [0.1, 0.15) is 24.2 Å². The highest BCUT2D eigenvalue weighted by Crippen LogP contribution is 2.25. The lowest BCUT2D eigenvalue weighted by Crippen LogP contribution is -2.30. The first-order chi connectivity index (χ1) is 13.5. The molecule has 0 saturated heterocycles. The van der Waals surface area contributed by atoms with Gasteiger partial charge >= 0.3 is 0 Å². The molecule has 0 radical (unpaired) electrons. The molecule has 4 aromatic rings. The van der Waals surface area contributed by atoms with E-state index in [1.807, 2.05) is 62.5 Å². The minimum absolute atomic E-state index is 0.0825. The molecule has 2 aromatic heterocycles. The van der Waals surface area contributed by atoms with Gasteiger partial charge in [0.15, 0.2) is 0 Å². The zero-order chi connectivity index (χ0) is 19.7. The number of aromatic nitrogens is 2. The molecule has 1 N–H and O–H groups in total. The van der Waals surface area contributed by atoms with Crippen LogP contribution in [0.25, 0.3) is 27.9 Å². The van der Waals surface area contributed by atoms with E-state index in [-0.39, 0.29) is 17.8 Å². The molecular formula is C23H20FN3O. The number of nitrogens with one attached hydrogen (secondary N) is 1. The van der Waals surface area contributed by atoms with Crippen molar-refractivity contribution in [1.29, 1.82) is 0 Å². The fraction of sp³-hybridized carbons (Fsp3) is 0.130. The molecule has 4 nitrogen and oxygen atoms in total. The Balaban J connectivity index is 1.68. The number of nitrogens with zero attached hydrogens (tertiary/aromatic N) is 2. The third-order valence-corrected chi connectivity index (χ3v) is 4.48. The number of benzene rings is 2. The Bertz CT molecular complexity index is 1150. The number of carbonyl (C=O) groups excluding carboxylic acids is 1. The van der Waals surface area contributed by atoms with Gasteiger partial charge in [-0.3, -0.25) is 4.79 Å². The molecule has 0 unspecified atom stereocenters. The summed E-state index contributed by atoms with van der Waals surface area (Å²) in [6, 6.07) is 19.9. The fourth-order valence-corrected chi connectivity index (χ4v) is 3.12. The monoisotopic (exact) mass is 373 g/mol. The summed E-state index contributed by atoms with van der Waals surface area (Å²) < 4.78 is 14.9. The number of pyridine rings is 1. The first-order valence-corrected chi connectivity index (χ1v) is 9.16. The third-order valence-electron chi connectivity index (χ3n) is 4.48. The van der Waals surface area contributed by atoms with Crippen LogP contribution in [0.5, 0.6) is 0 Å². The lowest BCUT2D eigenvalue weighted by molar-refractivity contribution is 0.0943. The normalized spacial score (nSPS) is 11.1. The van der Waals surface area contributed by atoms with Crippen LogP contribution in [-0.4, -0.2) is 21.6 Å². The average molecular weight is 373 g/mol. The average Bonchev–Trinajstić information content (AvgIpc) is 3.11. The zero-order valence-electron chi connectivity index (χ0n) is 15.7. The Morgan fingerprint density at radius 1 is 0.964 bits per heavy atom. The standard InChI is InChI=1S/C23H20FN3O/c1-15(2)25-23(28)19-5-3-4-17(12-19)18-10-11-27-21(13-18)14-22(26-27)16-6-8-20(24)9-7-16/h3-15H,1-2H3,(H,25,28). The number of hydrogen-bond acceptors (Lipinski definition) is 2. The van der Waals surface area contributed by atoms with Crippen molar-refractivity contribution in [2.24, 2.45) is 0 Å². The van der Waals surface area contributed by atoms with Crippen molar-refractivity contribution in [2.75, 3.05) is 0 Å². The summed E-state index contributed by atoms with van der Waals surface area (Å²) >= 11 is 0. The number of amides is 1. The second kappa shape index (κ2) is 7.27. The summed E-state index contributed by atoms with van der Waals surface area (Å²) in [6.45, 7) is 3.88. The van der Waals surface area contributed by atoms with Crippen molar-refractivity contribution < 1.29 is 9.18 Å². The van der Waals surface area contributed by atoms with Crippen LogP contribution < -0.4 is 5.32 Å². The van der Waals surface area contributed by atoms with E-state index in [1.54, 1.807) is 16.6 Å². The predicted octanol–water partition coefficient (Wildman–Crippen LogP) is 4.95. The Kier molecular flexibility index (Phi) is 4.65. The van der Waals surface area contributed by atoms with Gasteiger partial charge in [0, 0.05) is 23.4 Å². The van der Waals surface area contributed by atoms with Gasteiger partial charge in [-0.2, -0.15) is 5.10 Å².